The normalized spacial score (nSPS) is 24.3. The van der Waals surface area contributed by atoms with Crippen molar-refractivity contribution in [3.63, 3.8) is 0 Å². The van der Waals surface area contributed by atoms with Crippen LogP contribution >= 0.6 is 0 Å². The summed E-state index contributed by atoms with van der Waals surface area (Å²) in [7, 11) is 0. The van der Waals surface area contributed by atoms with Crippen LogP contribution < -0.4 is 5.73 Å². The fourth-order valence-corrected chi connectivity index (χ4v) is 1.71. The summed E-state index contributed by atoms with van der Waals surface area (Å²) >= 11 is 0. The number of carbonyl (C=O) groups excluding carboxylic acids is 1. The van der Waals surface area contributed by atoms with Crippen molar-refractivity contribution in [2.45, 2.75) is 46.2 Å². The first-order chi connectivity index (χ1) is 7.32. The van der Waals surface area contributed by atoms with Gasteiger partial charge in [0, 0.05) is 19.0 Å². The molecule has 0 aromatic carbocycles. The van der Waals surface area contributed by atoms with Gasteiger partial charge in [-0.2, -0.15) is 0 Å². The third-order valence-corrected chi connectivity index (χ3v) is 3.19. The van der Waals surface area contributed by atoms with Crippen LogP contribution in [0.4, 0.5) is 0 Å². The molecule has 1 saturated heterocycles. The zero-order valence-corrected chi connectivity index (χ0v) is 10.8. The van der Waals surface area contributed by atoms with Gasteiger partial charge in [0.2, 0.25) is 5.91 Å². The molecule has 0 bridgehead atoms. The minimum Gasteiger partial charge on any atom is -0.377 e. The van der Waals surface area contributed by atoms with E-state index >= 15 is 0 Å². The lowest BCUT2D eigenvalue weighted by Gasteiger charge is -2.35. The minimum absolute atomic E-state index is 0.0226. The number of nitrogens with two attached hydrogens (primary N) is 1. The molecule has 1 unspecified atom stereocenters. The van der Waals surface area contributed by atoms with E-state index in [0.717, 1.165) is 0 Å². The molecule has 1 fully saturated rings. The zero-order chi connectivity index (χ0) is 12.3. The van der Waals surface area contributed by atoms with Crippen LogP contribution in [0.3, 0.4) is 0 Å². The first-order valence-electron chi connectivity index (χ1n) is 5.95. The first kappa shape index (κ1) is 13.5. The summed E-state index contributed by atoms with van der Waals surface area (Å²) in [6.45, 7) is 10.2. The van der Waals surface area contributed by atoms with Gasteiger partial charge in [-0.25, -0.2) is 0 Å². The molecule has 1 aliphatic rings. The Morgan fingerprint density at radius 3 is 2.69 bits per heavy atom. The van der Waals surface area contributed by atoms with Gasteiger partial charge < -0.3 is 15.4 Å². The van der Waals surface area contributed by atoms with Gasteiger partial charge in [-0.15, -0.1) is 0 Å². The molecule has 2 atom stereocenters. The molecule has 0 aliphatic carbocycles. The monoisotopic (exact) mass is 228 g/mol. The SMILES string of the molecule is C[C@@H]1COCCN1C(=O)CC(N)C(C)(C)C. The summed E-state index contributed by atoms with van der Waals surface area (Å²) in [6.07, 6.45) is 0.424. The van der Waals surface area contributed by atoms with E-state index in [9.17, 15) is 4.79 Å². The van der Waals surface area contributed by atoms with Crippen LogP contribution in [-0.4, -0.2) is 42.6 Å². The highest BCUT2D eigenvalue weighted by atomic mass is 16.5. The van der Waals surface area contributed by atoms with E-state index in [1.54, 1.807) is 0 Å². The Bertz CT molecular complexity index is 248. The molecule has 0 saturated carbocycles. The topological polar surface area (TPSA) is 55.6 Å². The highest BCUT2D eigenvalue weighted by Crippen LogP contribution is 2.21. The van der Waals surface area contributed by atoms with Gasteiger partial charge in [-0.1, -0.05) is 20.8 Å². The van der Waals surface area contributed by atoms with Gasteiger partial charge >= 0.3 is 0 Å². The Morgan fingerprint density at radius 2 is 2.19 bits per heavy atom. The average Bonchev–Trinajstić information content (AvgIpc) is 2.16. The summed E-state index contributed by atoms with van der Waals surface area (Å²) in [5, 5.41) is 0. The molecule has 16 heavy (non-hydrogen) atoms. The molecule has 1 rings (SSSR count). The van der Waals surface area contributed by atoms with E-state index < -0.39 is 0 Å². The second-order valence-corrected chi connectivity index (χ2v) is 5.69. The van der Waals surface area contributed by atoms with Crippen molar-refractivity contribution in [2.24, 2.45) is 11.1 Å². The van der Waals surface area contributed by atoms with Gasteiger partial charge in [-0.3, -0.25) is 4.79 Å². The Labute approximate surface area is 98.1 Å². The van der Waals surface area contributed by atoms with Gasteiger partial charge in [0.05, 0.1) is 19.3 Å². The number of amides is 1. The maximum atomic E-state index is 12.1. The van der Waals surface area contributed by atoms with Gasteiger partial charge in [0.1, 0.15) is 0 Å². The number of morpholine rings is 1. The molecule has 0 aromatic heterocycles. The second kappa shape index (κ2) is 5.15. The number of hydrogen-bond acceptors (Lipinski definition) is 3. The Balaban J connectivity index is 2.51. The lowest BCUT2D eigenvalue weighted by molar-refractivity contribution is -0.140. The predicted octanol–water partition coefficient (Wildman–Crippen LogP) is 0.997. The molecule has 1 aliphatic heterocycles. The average molecular weight is 228 g/mol. The molecular formula is C12H24N2O2. The van der Waals surface area contributed by atoms with Crippen LogP contribution in [0.25, 0.3) is 0 Å². The molecule has 0 spiro atoms. The maximum Gasteiger partial charge on any atom is 0.224 e. The van der Waals surface area contributed by atoms with E-state index in [-0.39, 0.29) is 23.4 Å². The fourth-order valence-electron chi connectivity index (χ4n) is 1.71. The molecule has 0 aromatic rings. The maximum absolute atomic E-state index is 12.1. The Morgan fingerprint density at radius 1 is 1.56 bits per heavy atom. The van der Waals surface area contributed by atoms with Crippen molar-refractivity contribution < 1.29 is 9.53 Å². The molecule has 4 nitrogen and oxygen atoms in total. The molecule has 1 heterocycles. The van der Waals surface area contributed by atoms with Crippen molar-refractivity contribution in [1.82, 2.24) is 4.90 Å². The summed E-state index contributed by atoms with van der Waals surface area (Å²) in [4.78, 5) is 13.9. The fraction of sp³-hybridized carbons (Fsp3) is 0.917. The molecule has 94 valence electrons. The third kappa shape index (κ3) is 3.46. The van der Waals surface area contributed by atoms with E-state index in [0.29, 0.717) is 26.2 Å². The van der Waals surface area contributed by atoms with Crippen LogP contribution in [-0.2, 0) is 9.53 Å². The van der Waals surface area contributed by atoms with Crippen LogP contribution in [0.15, 0.2) is 0 Å². The smallest absolute Gasteiger partial charge is 0.224 e. The van der Waals surface area contributed by atoms with Crippen molar-refractivity contribution in [2.75, 3.05) is 19.8 Å². The van der Waals surface area contributed by atoms with Crippen molar-refractivity contribution in [1.29, 1.82) is 0 Å². The molecule has 4 heteroatoms. The third-order valence-electron chi connectivity index (χ3n) is 3.19. The lowest BCUT2D eigenvalue weighted by Crippen LogP contribution is -2.49. The first-order valence-corrected chi connectivity index (χ1v) is 5.95. The van der Waals surface area contributed by atoms with Crippen molar-refractivity contribution in [3.8, 4) is 0 Å². The van der Waals surface area contributed by atoms with E-state index in [4.69, 9.17) is 10.5 Å². The van der Waals surface area contributed by atoms with E-state index in [1.165, 1.54) is 0 Å². The molecule has 1 amide bonds. The largest absolute Gasteiger partial charge is 0.377 e. The van der Waals surface area contributed by atoms with Crippen molar-refractivity contribution in [3.05, 3.63) is 0 Å². The Hall–Kier alpha value is -0.610. The number of ether oxygens (including phenoxy) is 1. The molecule has 2 N–H and O–H groups in total. The second-order valence-electron chi connectivity index (χ2n) is 5.69. The van der Waals surface area contributed by atoms with Crippen LogP contribution in [0.2, 0.25) is 0 Å². The number of rotatable bonds is 2. The number of hydrogen-bond donors (Lipinski definition) is 1. The van der Waals surface area contributed by atoms with Crippen LogP contribution in [0, 0.1) is 5.41 Å². The molecular weight excluding hydrogens is 204 g/mol. The Kier molecular flexibility index (Phi) is 4.33. The van der Waals surface area contributed by atoms with Gasteiger partial charge in [0.25, 0.3) is 0 Å². The molecule has 0 radical (unpaired) electrons. The lowest BCUT2D eigenvalue weighted by atomic mass is 9.85. The summed E-state index contributed by atoms with van der Waals surface area (Å²) in [5.74, 6) is 0.151. The van der Waals surface area contributed by atoms with E-state index in [2.05, 4.69) is 20.8 Å². The minimum atomic E-state index is -0.0879. The predicted molar refractivity (Wildman–Crippen MR) is 64.0 cm³/mol. The zero-order valence-electron chi connectivity index (χ0n) is 10.8. The van der Waals surface area contributed by atoms with Crippen molar-refractivity contribution >= 4 is 5.91 Å². The summed E-state index contributed by atoms with van der Waals surface area (Å²) < 4.78 is 5.31. The number of carbonyl (C=O) groups is 1. The number of nitrogens with zero attached hydrogens (tertiary/aromatic N) is 1. The van der Waals surface area contributed by atoms with Gasteiger partial charge in [0.15, 0.2) is 0 Å². The summed E-state index contributed by atoms with van der Waals surface area (Å²) in [5.41, 5.74) is 6.00. The highest BCUT2D eigenvalue weighted by Gasteiger charge is 2.28. The summed E-state index contributed by atoms with van der Waals surface area (Å²) in [6, 6.07) is 0.0865. The highest BCUT2D eigenvalue weighted by molar-refractivity contribution is 5.77. The van der Waals surface area contributed by atoms with E-state index in [1.807, 2.05) is 11.8 Å². The van der Waals surface area contributed by atoms with Crippen LogP contribution in [0.1, 0.15) is 34.1 Å². The quantitative estimate of drug-likeness (QED) is 0.767. The van der Waals surface area contributed by atoms with Gasteiger partial charge in [-0.05, 0) is 12.3 Å². The van der Waals surface area contributed by atoms with Crippen LogP contribution in [0.5, 0.6) is 0 Å². The standard InChI is InChI=1S/C12H24N2O2/c1-9-8-16-6-5-14(9)11(15)7-10(13)12(2,3)4/h9-10H,5-8,13H2,1-4H3/t9-,10?/m1/s1.